The number of benzene rings is 1. The summed E-state index contributed by atoms with van der Waals surface area (Å²) >= 11 is 0. The van der Waals surface area contributed by atoms with Gasteiger partial charge in [0.2, 0.25) is 0 Å². The van der Waals surface area contributed by atoms with Crippen LogP contribution in [0.3, 0.4) is 0 Å². The number of imide groups is 1. The second-order valence-corrected chi connectivity index (χ2v) is 6.89. The minimum absolute atomic E-state index is 0.0545. The molecule has 28 heavy (non-hydrogen) atoms. The fraction of sp³-hybridized carbons (Fsp3) is 0.474. The maximum atomic E-state index is 12.9. The molecule has 1 aromatic carbocycles. The molecule has 5 amide bonds. The van der Waals surface area contributed by atoms with Gasteiger partial charge in [0.25, 0.3) is 17.7 Å². The summed E-state index contributed by atoms with van der Waals surface area (Å²) < 4.78 is 0. The van der Waals surface area contributed by atoms with Gasteiger partial charge in [-0.05, 0) is 18.4 Å². The van der Waals surface area contributed by atoms with E-state index in [1.165, 1.54) is 0 Å². The highest BCUT2D eigenvalue weighted by molar-refractivity contribution is 6.08. The number of quaternary nitrogens is 1. The summed E-state index contributed by atoms with van der Waals surface area (Å²) in [5.74, 6) is -1.21. The van der Waals surface area contributed by atoms with Gasteiger partial charge in [-0.2, -0.15) is 5.01 Å². The van der Waals surface area contributed by atoms with Crippen molar-refractivity contribution in [1.82, 2.24) is 21.1 Å². The standard InChI is InChI=1S/C19H27N5O4/c1-4-11-20-15(25)12-23(3)13-16(26)22-24-17(27)19(5-2,21-18(24)28)14-9-7-6-8-10-14/h6-10H,4-5,11-13H2,1-3H3,(H,20,25)(H,21,28)(H,22,26)/p+1/t19-/m0/s1. The van der Waals surface area contributed by atoms with Crippen molar-refractivity contribution in [2.45, 2.75) is 32.2 Å². The first-order chi connectivity index (χ1) is 13.3. The molecule has 1 heterocycles. The number of nitrogens with zero attached hydrogens (tertiary/aromatic N) is 1. The number of hydrogen-bond donors (Lipinski definition) is 4. The van der Waals surface area contributed by atoms with Gasteiger partial charge in [-0.3, -0.25) is 19.8 Å². The lowest BCUT2D eigenvalue weighted by atomic mass is 9.87. The number of urea groups is 1. The van der Waals surface area contributed by atoms with Crippen LogP contribution in [0.25, 0.3) is 0 Å². The number of carbonyl (C=O) groups is 4. The summed E-state index contributed by atoms with van der Waals surface area (Å²) in [5, 5.41) is 6.16. The molecule has 9 nitrogen and oxygen atoms in total. The molecule has 152 valence electrons. The van der Waals surface area contributed by atoms with Gasteiger partial charge in [-0.15, -0.1) is 0 Å². The number of rotatable bonds is 9. The molecular weight excluding hydrogens is 362 g/mol. The zero-order chi connectivity index (χ0) is 20.7. The summed E-state index contributed by atoms with van der Waals surface area (Å²) in [4.78, 5) is 50.0. The third kappa shape index (κ3) is 4.66. The maximum Gasteiger partial charge on any atom is 0.344 e. The fourth-order valence-corrected chi connectivity index (χ4v) is 3.14. The van der Waals surface area contributed by atoms with Gasteiger partial charge in [-0.25, -0.2) is 4.79 Å². The highest BCUT2D eigenvalue weighted by atomic mass is 16.2. The summed E-state index contributed by atoms with van der Waals surface area (Å²) in [7, 11) is 1.69. The molecule has 0 radical (unpaired) electrons. The van der Waals surface area contributed by atoms with Gasteiger partial charge < -0.3 is 15.5 Å². The van der Waals surface area contributed by atoms with Crippen LogP contribution in [-0.2, 0) is 19.9 Å². The number of carbonyl (C=O) groups excluding carboxylic acids is 4. The van der Waals surface area contributed by atoms with E-state index in [0.717, 1.165) is 11.4 Å². The Hall–Kier alpha value is -2.94. The van der Waals surface area contributed by atoms with Gasteiger partial charge in [0.15, 0.2) is 13.1 Å². The second-order valence-electron chi connectivity index (χ2n) is 6.89. The first kappa shape index (κ1) is 21.4. The molecule has 9 heteroatoms. The Morgan fingerprint density at radius 2 is 1.75 bits per heavy atom. The Bertz CT molecular complexity index is 739. The Kier molecular flexibility index (Phi) is 7.11. The molecule has 0 aliphatic carbocycles. The van der Waals surface area contributed by atoms with E-state index in [4.69, 9.17) is 0 Å². The molecule has 1 aliphatic rings. The van der Waals surface area contributed by atoms with Crippen LogP contribution in [0.1, 0.15) is 32.3 Å². The molecule has 1 saturated heterocycles. The smallest absolute Gasteiger partial charge is 0.344 e. The fourth-order valence-electron chi connectivity index (χ4n) is 3.14. The highest BCUT2D eigenvalue weighted by Crippen LogP contribution is 2.31. The van der Waals surface area contributed by atoms with Crippen molar-refractivity contribution in [1.29, 1.82) is 0 Å². The minimum atomic E-state index is -1.20. The van der Waals surface area contributed by atoms with E-state index in [2.05, 4.69) is 16.1 Å². The predicted octanol–water partition coefficient (Wildman–Crippen LogP) is -1.08. The third-order valence-electron chi connectivity index (χ3n) is 4.62. The number of hydrazine groups is 1. The molecule has 0 aromatic heterocycles. The first-order valence-corrected chi connectivity index (χ1v) is 9.43. The average molecular weight is 390 g/mol. The van der Waals surface area contributed by atoms with E-state index < -0.39 is 23.4 Å². The molecule has 0 spiro atoms. The van der Waals surface area contributed by atoms with Gasteiger partial charge in [-0.1, -0.05) is 44.2 Å². The second kappa shape index (κ2) is 9.32. The molecule has 1 aliphatic heterocycles. The first-order valence-electron chi connectivity index (χ1n) is 9.43. The Morgan fingerprint density at radius 3 is 2.36 bits per heavy atom. The summed E-state index contributed by atoms with van der Waals surface area (Å²) in [6.45, 7) is 4.40. The topological polar surface area (TPSA) is 112 Å². The lowest BCUT2D eigenvalue weighted by Crippen LogP contribution is -3.11. The van der Waals surface area contributed by atoms with Gasteiger partial charge in [0.1, 0.15) is 5.54 Å². The maximum absolute atomic E-state index is 12.9. The zero-order valence-corrected chi connectivity index (χ0v) is 16.5. The predicted molar refractivity (Wildman–Crippen MR) is 102 cm³/mol. The molecule has 1 aromatic rings. The highest BCUT2D eigenvalue weighted by Gasteiger charge is 2.52. The van der Waals surface area contributed by atoms with E-state index in [-0.39, 0.29) is 19.0 Å². The zero-order valence-electron chi connectivity index (χ0n) is 16.5. The Balaban J connectivity index is 2.00. The van der Waals surface area contributed by atoms with Crippen LogP contribution in [-0.4, -0.2) is 55.4 Å². The van der Waals surface area contributed by atoms with Crippen molar-refractivity contribution in [3.8, 4) is 0 Å². The van der Waals surface area contributed by atoms with Gasteiger partial charge in [0, 0.05) is 6.54 Å². The van der Waals surface area contributed by atoms with Gasteiger partial charge in [0.05, 0.1) is 7.05 Å². The molecule has 4 N–H and O–H groups in total. The Morgan fingerprint density at radius 1 is 1.11 bits per heavy atom. The van der Waals surface area contributed by atoms with Crippen LogP contribution in [0.2, 0.25) is 0 Å². The number of likely N-dealkylation sites (N-methyl/N-ethyl adjacent to an activating group) is 1. The van der Waals surface area contributed by atoms with E-state index in [1.807, 2.05) is 13.0 Å². The number of amides is 5. The quantitative estimate of drug-likeness (QED) is 0.402. The van der Waals surface area contributed by atoms with Crippen LogP contribution < -0.4 is 21.0 Å². The lowest BCUT2D eigenvalue weighted by Gasteiger charge is -2.25. The van der Waals surface area contributed by atoms with Crippen molar-refractivity contribution in [2.75, 3.05) is 26.7 Å². The molecule has 1 fully saturated rings. The molecule has 0 saturated carbocycles. The normalized spacial score (nSPS) is 19.9. The van der Waals surface area contributed by atoms with E-state index in [9.17, 15) is 19.2 Å². The van der Waals surface area contributed by atoms with Crippen molar-refractivity contribution in [3.63, 3.8) is 0 Å². The molecule has 2 atom stereocenters. The average Bonchev–Trinajstić information content (AvgIpc) is 2.92. The monoisotopic (exact) mass is 390 g/mol. The Labute approximate surface area is 164 Å². The largest absolute Gasteiger partial charge is 0.351 e. The van der Waals surface area contributed by atoms with Crippen LogP contribution in [0, 0.1) is 0 Å². The van der Waals surface area contributed by atoms with E-state index >= 15 is 0 Å². The number of nitrogens with one attached hydrogen (secondary N) is 4. The van der Waals surface area contributed by atoms with Crippen molar-refractivity contribution in [2.24, 2.45) is 0 Å². The summed E-state index contributed by atoms with van der Waals surface area (Å²) in [6, 6.07) is 8.25. The molecule has 1 unspecified atom stereocenters. The van der Waals surface area contributed by atoms with Crippen LogP contribution in [0.4, 0.5) is 4.79 Å². The summed E-state index contributed by atoms with van der Waals surface area (Å²) in [6.07, 6.45) is 1.18. The van der Waals surface area contributed by atoms with Crippen molar-refractivity contribution < 1.29 is 24.1 Å². The van der Waals surface area contributed by atoms with E-state index in [0.29, 0.717) is 23.4 Å². The molecular formula is C19H28N5O4+. The van der Waals surface area contributed by atoms with Crippen LogP contribution in [0.5, 0.6) is 0 Å². The summed E-state index contributed by atoms with van der Waals surface area (Å²) in [5.41, 5.74) is 1.82. The van der Waals surface area contributed by atoms with Gasteiger partial charge >= 0.3 is 6.03 Å². The SMILES string of the molecule is CCCNC(=O)C[NH+](C)CC(=O)NN1C(=O)N[C@@](CC)(c2ccccc2)C1=O. The third-order valence-corrected chi connectivity index (χ3v) is 4.62. The minimum Gasteiger partial charge on any atom is -0.351 e. The van der Waals surface area contributed by atoms with Crippen molar-refractivity contribution >= 4 is 23.8 Å². The van der Waals surface area contributed by atoms with Crippen LogP contribution >= 0.6 is 0 Å². The van der Waals surface area contributed by atoms with Crippen molar-refractivity contribution in [3.05, 3.63) is 35.9 Å². The lowest BCUT2D eigenvalue weighted by molar-refractivity contribution is -0.862. The number of hydrogen-bond acceptors (Lipinski definition) is 4. The van der Waals surface area contributed by atoms with Crippen LogP contribution in [0.15, 0.2) is 30.3 Å². The molecule has 0 bridgehead atoms. The van der Waals surface area contributed by atoms with E-state index in [1.54, 1.807) is 38.2 Å². The molecule has 2 rings (SSSR count).